The maximum atomic E-state index is 12.0. The summed E-state index contributed by atoms with van der Waals surface area (Å²) in [6.07, 6.45) is 10.1. The molecule has 1 aromatic heterocycles. The number of methoxy groups -OCH3 is 2. The number of pyridine rings is 1. The second-order valence-corrected chi connectivity index (χ2v) is 5.45. The molecule has 0 aliphatic carbocycles. The topological polar surface area (TPSA) is 48.4 Å². The fraction of sp³-hybridized carbons (Fsp3) is 0.300. The molecule has 0 atom stereocenters. The molecule has 0 saturated carbocycles. The van der Waals surface area contributed by atoms with Gasteiger partial charge in [0, 0.05) is 24.9 Å². The van der Waals surface area contributed by atoms with Gasteiger partial charge in [0.2, 0.25) is 0 Å². The molecule has 126 valence electrons. The van der Waals surface area contributed by atoms with Gasteiger partial charge in [-0.05, 0) is 48.6 Å². The number of ketones is 1. The van der Waals surface area contributed by atoms with Crippen LogP contribution in [-0.2, 0) is 17.6 Å². The summed E-state index contributed by atoms with van der Waals surface area (Å²) in [6.45, 7) is 0. The number of carbonyl (C=O) groups excluding carboxylic acids is 1. The van der Waals surface area contributed by atoms with E-state index >= 15 is 0 Å². The maximum Gasteiger partial charge on any atom is 0.155 e. The van der Waals surface area contributed by atoms with Crippen molar-refractivity contribution in [2.24, 2.45) is 0 Å². The van der Waals surface area contributed by atoms with Crippen molar-refractivity contribution in [3.05, 3.63) is 66.0 Å². The number of hydrogen-bond donors (Lipinski definition) is 0. The summed E-state index contributed by atoms with van der Waals surface area (Å²) in [4.78, 5) is 16.1. The highest BCUT2D eigenvalue weighted by molar-refractivity contribution is 5.89. The zero-order valence-electron chi connectivity index (χ0n) is 14.2. The fourth-order valence-electron chi connectivity index (χ4n) is 2.41. The molecule has 1 heterocycles. The van der Waals surface area contributed by atoms with E-state index in [1.54, 1.807) is 26.5 Å². The zero-order chi connectivity index (χ0) is 17.2. The summed E-state index contributed by atoms with van der Waals surface area (Å²) in [5, 5.41) is 0. The lowest BCUT2D eigenvalue weighted by Crippen LogP contribution is -1.99. The lowest BCUT2D eigenvalue weighted by Gasteiger charge is -2.09. The van der Waals surface area contributed by atoms with Crippen LogP contribution in [0.1, 0.15) is 24.0 Å². The Morgan fingerprint density at radius 3 is 2.75 bits per heavy atom. The molecule has 0 saturated heterocycles. The summed E-state index contributed by atoms with van der Waals surface area (Å²) in [5.41, 5.74) is 2.19. The summed E-state index contributed by atoms with van der Waals surface area (Å²) < 4.78 is 10.5. The molecule has 0 bridgehead atoms. The van der Waals surface area contributed by atoms with Gasteiger partial charge in [0.15, 0.2) is 5.78 Å². The molecule has 0 N–H and O–H groups in total. The van der Waals surface area contributed by atoms with E-state index in [9.17, 15) is 4.79 Å². The molecule has 2 rings (SSSR count). The van der Waals surface area contributed by atoms with Crippen molar-refractivity contribution < 1.29 is 14.3 Å². The molecule has 0 fully saturated rings. The molecule has 0 aliphatic heterocycles. The first-order chi connectivity index (χ1) is 11.7. The average Bonchev–Trinajstić information content (AvgIpc) is 2.64. The van der Waals surface area contributed by atoms with Crippen LogP contribution >= 0.6 is 0 Å². The van der Waals surface area contributed by atoms with Crippen LogP contribution in [0.2, 0.25) is 0 Å². The number of benzene rings is 1. The van der Waals surface area contributed by atoms with Crippen LogP contribution < -0.4 is 9.47 Å². The van der Waals surface area contributed by atoms with Gasteiger partial charge in [-0.15, -0.1) is 0 Å². The molecule has 2 aromatic rings. The van der Waals surface area contributed by atoms with E-state index in [4.69, 9.17) is 9.47 Å². The minimum Gasteiger partial charge on any atom is -0.497 e. The minimum atomic E-state index is 0.124. The Morgan fingerprint density at radius 2 is 2.04 bits per heavy atom. The van der Waals surface area contributed by atoms with Crippen LogP contribution in [0.25, 0.3) is 0 Å². The van der Waals surface area contributed by atoms with Gasteiger partial charge in [-0.3, -0.25) is 9.78 Å². The van der Waals surface area contributed by atoms with Crippen molar-refractivity contribution in [2.45, 2.75) is 25.7 Å². The van der Waals surface area contributed by atoms with Gasteiger partial charge < -0.3 is 9.47 Å². The summed E-state index contributed by atoms with van der Waals surface area (Å²) >= 11 is 0. The Balaban J connectivity index is 1.79. The van der Waals surface area contributed by atoms with E-state index in [-0.39, 0.29) is 5.78 Å². The summed E-state index contributed by atoms with van der Waals surface area (Å²) in [5.74, 6) is 1.62. The van der Waals surface area contributed by atoms with E-state index in [0.717, 1.165) is 29.9 Å². The van der Waals surface area contributed by atoms with Gasteiger partial charge in [0.05, 0.1) is 14.2 Å². The first-order valence-electron chi connectivity index (χ1n) is 8.02. The SMILES string of the molecule is COc1ccc(CCC(=O)/C=C/CCc2cccnc2)c(OC)c1. The molecule has 4 heteroatoms. The van der Waals surface area contributed by atoms with Crippen molar-refractivity contribution in [1.82, 2.24) is 4.98 Å². The third kappa shape index (κ3) is 5.54. The molecule has 24 heavy (non-hydrogen) atoms. The van der Waals surface area contributed by atoms with E-state index in [1.165, 1.54) is 5.56 Å². The lowest BCUT2D eigenvalue weighted by molar-refractivity contribution is -0.114. The van der Waals surface area contributed by atoms with Gasteiger partial charge in [-0.25, -0.2) is 0 Å². The van der Waals surface area contributed by atoms with E-state index in [0.29, 0.717) is 12.8 Å². The summed E-state index contributed by atoms with van der Waals surface area (Å²) in [6, 6.07) is 9.62. The van der Waals surface area contributed by atoms with Crippen molar-refractivity contribution in [2.75, 3.05) is 14.2 Å². The first-order valence-corrected chi connectivity index (χ1v) is 8.02. The predicted molar refractivity (Wildman–Crippen MR) is 94.6 cm³/mol. The van der Waals surface area contributed by atoms with E-state index in [2.05, 4.69) is 4.98 Å². The van der Waals surface area contributed by atoms with Gasteiger partial charge >= 0.3 is 0 Å². The van der Waals surface area contributed by atoms with Crippen molar-refractivity contribution >= 4 is 5.78 Å². The number of nitrogens with zero attached hydrogens (tertiary/aromatic N) is 1. The third-order valence-electron chi connectivity index (χ3n) is 3.76. The highest BCUT2D eigenvalue weighted by Crippen LogP contribution is 2.25. The second kappa shape index (κ2) is 9.50. The number of aromatic nitrogens is 1. The molecule has 0 unspecified atom stereocenters. The van der Waals surface area contributed by atoms with Gasteiger partial charge in [-0.1, -0.05) is 18.2 Å². The minimum absolute atomic E-state index is 0.124. The molecule has 0 radical (unpaired) electrons. The average molecular weight is 325 g/mol. The number of ether oxygens (including phenoxy) is 2. The largest absolute Gasteiger partial charge is 0.497 e. The van der Waals surface area contributed by atoms with Gasteiger partial charge in [0.1, 0.15) is 11.5 Å². The predicted octanol–water partition coefficient (Wildman–Crippen LogP) is 3.79. The lowest BCUT2D eigenvalue weighted by atomic mass is 10.1. The third-order valence-corrected chi connectivity index (χ3v) is 3.76. The zero-order valence-corrected chi connectivity index (χ0v) is 14.2. The standard InChI is InChI=1S/C20H23NO3/c1-23-19-12-10-17(20(14-19)24-2)9-11-18(22)8-4-3-6-16-7-5-13-21-15-16/h4-5,7-8,10,12-15H,3,6,9,11H2,1-2H3/b8-4+. The van der Waals surface area contributed by atoms with E-state index < -0.39 is 0 Å². The number of carbonyl (C=O) groups is 1. The Hall–Kier alpha value is -2.62. The smallest absolute Gasteiger partial charge is 0.155 e. The fourth-order valence-corrected chi connectivity index (χ4v) is 2.41. The molecule has 0 spiro atoms. The summed E-state index contributed by atoms with van der Waals surface area (Å²) in [7, 11) is 3.24. The molecule has 0 aliphatic rings. The first kappa shape index (κ1) is 17.7. The van der Waals surface area contributed by atoms with Crippen molar-refractivity contribution in [3.63, 3.8) is 0 Å². The van der Waals surface area contributed by atoms with Gasteiger partial charge in [0.25, 0.3) is 0 Å². The number of aryl methyl sites for hydroxylation is 2. The van der Waals surface area contributed by atoms with Crippen LogP contribution in [0, 0.1) is 0 Å². The molecule has 4 nitrogen and oxygen atoms in total. The van der Waals surface area contributed by atoms with Crippen LogP contribution in [0.15, 0.2) is 54.9 Å². The van der Waals surface area contributed by atoms with Crippen LogP contribution in [0.5, 0.6) is 11.5 Å². The van der Waals surface area contributed by atoms with Gasteiger partial charge in [-0.2, -0.15) is 0 Å². The Labute approximate surface area is 143 Å². The molecule has 1 aromatic carbocycles. The monoisotopic (exact) mass is 325 g/mol. The Kier molecular flexibility index (Phi) is 7.02. The van der Waals surface area contributed by atoms with Crippen LogP contribution in [-0.4, -0.2) is 25.0 Å². The number of hydrogen-bond acceptors (Lipinski definition) is 4. The van der Waals surface area contributed by atoms with Crippen LogP contribution in [0.4, 0.5) is 0 Å². The normalized spacial score (nSPS) is 10.8. The molecular formula is C20H23NO3. The number of rotatable bonds is 9. The van der Waals surface area contributed by atoms with Crippen LogP contribution in [0.3, 0.4) is 0 Å². The van der Waals surface area contributed by atoms with Crippen molar-refractivity contribution in [3.8, 4) is 11.5 Å². The highest BCUT2D eigenvalue weighted by atomic mass is 16.5. The molecule has 0 amide bonds. The quantitative estimate of drug-likeness (QED) is 0.658. The Bertz CT molecular complexity index is 681. The second-order valence-electron chi connectivity index (χ2n) is 5.45. The molecular weight excluding hydrogens is 302 g/mol. The van der Waals surface area contributed by atoms with Crippen molar-refractivity contribution in [1.29, 1.82) is 0 Å². The van der Waals surface area contributed by atoms with E-state index in [1.807, 2.05) is 42.6 Å². The highest BCUT2D eigenvalue weighted by Gasteiger charge is 2.06. The maximum absolute atomic E-state index is 12.0. The number of allylic oxidation sites excluding steroid dienone is 2. The Morgan fingerprint density at radius 1 is 1.17 bits per heavy atom.